The molecule has 1 fully saturated rings. The summed E-state index contributed by atoms with van der Waals surface area (Å²) in [5.41, 5.74) is 2.88. The highest BCUT2D eigenvalue weighted by molar-refractivity contribution is 7.16. The number of benzene rings is 1. The Balaban J connectivity index is 1.81. The third-order valence-electron chi connectivity index (χ3n) is 2.14. The molecule has 1 aromatic carbocycles. The van der Waals surface area contributed by atoms with Crippen molar-refractivity contribution in [2.45, 2.75) is 6.10 Å². The molecule has 0 radical (unpaired) electrons. The van der Waals surface area contributed by atoms with Crippen LogP contribution in [0.2, 0.25) is 0 Å². The monoisotopic (exact) mass is 207 g/mol. The van der Waals surface area contributed by atoms with Crippen LogP contribution in [-0.2, 0) is 4.74 Å². The van der Waals surface area contributed by atoms with Crippen LogP contribution >= 0.6 is 11.3 Å². The smallest absolute Gasteiger partial charge is 0.121 e. The maximum absolute atomic E-state index is 5.56. The molecular formula is C10H9NO2S. The van der Waals surface area contributed by atoms with Crippen molar-refractivity contribution in [3.05, 3.63) is 23.7 Å². The van der Waals surface area contributed by atoms with Gasteiger partial charge in [-0.1, -0.05) is 0 Å². The first-order valence-electron chi connectivity index (χ1n) is 4.49. The van der Waals surface area contributed by atoms with Gasteiger partial charge in [0.05, 0.1) is 22.3 Å². The van der Waals surface area contributed by atoms with Crippen LogP contribution < -0.4 is 4.74 Å². The van der Waals surface area contributed by atoms with Crippen LogP contribution in [0.4, 0.5) is 0 Å². The second kappa shape index (κ2) is 3.22. The predicted molar refractivity (Wildman–Crippen MR) is 54.9 cm³/mol. The molecule has 0 bridgehead atoms. The number of aromatic nitrogens is 1. The van der Waals surface area contributed by atoms with Crippen molar-refractivity contribution < 1.29 is 9.47 Å². The number of nitrogens with zero attached hydrogens (tertiary/aromatic N) is 1. The van der Waals surface area contributed by atoms with E-state index in [0.717, 1.165) is 17.9 Å². The largest absolute Gasteiger partial charge is 0.491 e. The molecule has 72 valence electrons. The molecule has 1 aliphatic rings. The van der Waals surface area contributed by atoms with E-state index >= 15 is 0 Å². The summed E-state index contributed by atoms with van der Waals surface area (Å²) in [6.45, 7) is 1.49. The van der Waals surface area contributed by atoms with Gasteiger partial charge in [0.1, 0.15) is 18.5 Å². The van der Waals surface area contributed by atoms with Gasteiger partial charge in [-0.2, -0.15) is 0 Å². The van der Waals surface area contributed by atoms with E-state index < -0.39 is 0 Å². The maximum Gasteiger partial charge on any atom is 0.121 e. The van der Waals surface area contributed by atoms with E-state index in [1.807, 2.05) is 23.7 Å². The predicted octanol–water partition coefficient (Wildman–Crippen LogP) is 2.07. The lowest BCUT2D eigenvalue weighted by atomic mass is 10.3. The van der Waals surface area contributed by atoms with Crippen LogP contribution in [0.15, 0.2) is 23.7 Å². The fourth-order valence-electron chi connectivity index (χ4n) is 1.28. The van der Waals surface area contributed by atoms with Crippen molar-refractivity contribution in [1.82, 2.24) is 4.98 Å². The number of hydrogen-bond donors (Lipinski definition) is 0. The molecule has 1 unspecified atom stereocenters. The van der Waals surface area contributed by atoms with Crippen LogP contribution in [0.3, 0.4) is 0 Å². The summed E-state index contributed by atoms with van der Waals surface area (Å²) in [6.07, 6.45) is 0.312. The molecule has 3 nitrogen and oxygen atoms in total. The summed E-state index contributed by atoms with van der Waals surface area (Å²) in [5.74, 6) is 0.900. The molecule has 1 atom stereocenters. The average Bonchev–Trinajstić information content (AvgIpc) is 2.92. The van der Waals surface area contributed by atoms with Gasteiger partial charge in [0.25, 0.3) is 0 Å². The Morgan fingerprint density at radius 1 is 1.57 bits per heavy atom. The van der Waals surface area contributed by atoms with Gasteiger partial charge in [-0.15, -0.1) is 11.3 Å². The molecule has 2 heterocycles. The van der Waals surface area contributed by atoms with Gasteiger partial charge >= 0.3 is 0 Å². The number of epoxide rings is 1. The molecule has 4 heteroatoms. The topological polar surface area (TPSA) is 34.6 Å². The minimum Gasteiger partial charge on any atom is -0.491 e. The van der Waals surface area contributed by atoms with E-state index in [1.54, 1.807) is 11.3 Å². The summed E-state index contributed by atoms with van der Waals surface area (Å²) >= 11 is 1.63. The second-order valence-corrected chi connectivity index (χ2v) is 4.13. The van der Waals surface area contributed by atoms with Crippen molar-refractivity contribution in [3.63, 3.8) is 0 Å². The van der Waals surface area contributed by atoms with E-state index in [-0.39, 0.29) is 0 Å². The van der Waals surface area contributed by atoms with Gasteiger partial charge in [-0.05, 0) is 18.2 Å². The van der Waals surface area contributed by atoms with Crippen LogP contribution in [0, 0.1) is 0 Å². The lowest BCUT2D eigenvalue weighted by Gasteiger charge is -2.02. The molecule has 0 N–H and O–H groups in total. The molecule has 0 saturated carbocycles. The van der Waals surface area contributed by atoms with Crippen molar-refractivity contribution in [2.24, 2.45) is 0 Å². The summed E-state index contributed by atoms with van der Waals surface area (Å²) in [7, 11) is 0. The normalized spacial score (nSPS) is 19.9. The van der Waals surface area contributed by atoms with Crippen molar-refractivity contribution in [1.29, 1.82) is 0 Å². The third-order valence-corrected chi connectivity index (χ3v) is 2.93. The highest BCUT2D eigenvalue weighted by atomic mass is 32.1. The van der Waals surface area contributed by atoms with Crippen LogP contribution in [-0.4, -0.2) is 24.3 Å². The van der Waals surface area contributed by atoms with Crippen molar-refractivity contribution in [3.8, 4) is 5.75 Å². The maximum atomic E-state index is 5.56. The first kappa shape index (κ1) is 8.20. The molecular weight excluding hydrogens is 198 g/mol. The number of hydrogen-bond acceptors (Lipinski definition) is 4. The molecule has 1 aromatic heterocycles. The fraction of sp³-hybridized carbons (Fsp3) is 0.300. The Hall–Kier alpha value is -1.13. The average molecular weight is 207 g/mol. The van der Waals surface area contributed by atoms with Gasteiger partial charge in [0.15, 0.2) is 0 Å². The standard InChI is InChI=1S/C10H9NO2S/c1-2-9-10(14-6-11-9)3-7(1)12-4-8-5-13-8/h1-3,6,8H,4-5H2. The van der Waals surface area contributed by atoms with E-state index in [9.17, 15) is 0 Å². The van der Waals surface area contributed by atoms with E-state index in [4.69, 9.17) is 9.47 Å². The SMILES string of the molecule is c1nc2ccc(OCC3CO3)cc2s1. The van der Waals surface area contributed by atoms with E-state index in [0.29, 0.717) is 12.7 Å². The van der Waals surface area contributed by atoms with E-state index in [1.165, 1.54) is 4.70 Å². The van der Waals surface area contributed by atoms with Crippen molar-refractivity contribution >= 4 is 21.6 Å². The zero-order valence-corrected chi connectivity index (χ0v) is 8.29. The number of thiazole rings is 1. The summed E-state index contributed by atoms with van der Waals surface area (Å²) < 4.78 is 11.8. The van der Waals surface area contributed by atoms with Crippen LogP contribution in [0.1, 0.15) is 0 Å². The number of rotatable bonds is 3. The minimum atomic E-state index is 0.312. The molecule has 3 rings (SSSR count). The van der Waals surface area contributed by atoms with Crippen LogP contribution in [0.25, 0.3) is 10.2 Å². The lowest BCUT2D eigenvalue weighted by Crippen LogP contribution is -2.03. The second-order valence-electron chi connectivity index (χ2n) is 3.25. The van der Waals surface area contributed by atoms with Crippen molar-refractivity contribution in [2.75, 3.05) is 13.2 Å². The minimum absolute atomic E-state index is 0.312. The third kappa shape index (κ3) is 1.58. The zero-order chi connectivity index (χ0) is 9.38. The molecule has 0 spiro atoms. The molecule has 14 heavy (non-hydrogen) atoms. The Bertz CT molecular complexity index is 450. The summed E-state index contributed by atoms with van der Waals surface area (Å²) in [5, 5.41) is 0. The summed E-state index contributed by atoms with van der Waals surface area (Å²) in [4.78, 5) is 4.21. The highest BCUT2D eigenvalue weighted by Gasteiger charge is 2.22. The number of fused-ring (bicyclic) bond motifs is 1. The van der Waals surface area contributed by atoms with Crippen LogP contribution in [0.5, 0.6) is 5.75 Å². The first-order valence-corrected chi connectivity index (χ1v) is 5.37. The highest BCUT2D eigenvalue weighted by Crippen LogP contribution is 2.24. The van der Waals surface area contributed by atoms with Gasteiger partial charge < -0.3 is 9.47 Å². The number of ether oxygens (including phenoxy) is 2. The molecule has 0 amide bonds. The van der Waals surface area contributed by atoms with Gasteiger partial charge in [-0.25, -0.2) is 4.98 Å². The molecule has 1 aliphatic heterocycles. The van der Waals surface area contributed by atoms with E-state index in [2.05, 4.69) is 4.98 Å². The Labute approximate surface area is 85.3 Å². The fourth-order valence-corrected chi connectivity index (χ4v) is 1.98. The Kier molecular flexibility index (Phi) is 1.89. The zero-order valence-electron chi connectivity index (χ0n) is 7.47. The first-order chi connectivity index (χ1) is 6.92. The lowest BCUT2D eigenvalue weighted by molar-refractivity contribution is 0.263. The Morgan fingerprint density at radius 2 is 2.50 bits per heavy atom. The molecule has 2 aromatic rings. The van der Waals surface area contributed by atoms with Gasteiger partial charge in [-0.3, -0.25) is 0 Å². The van der Waals surface area contributed by atoms with Gasteiger partial charge in [0, 0.05) is 0 Å². The molecule has 0 aliphatic carbocycles. The quantitative estimate of drug-likeness (QED) is 0.723. The Morgan fingerprint density at radius 3 is 3.36 bits per heavy atom. The van der Waals surface area contributed by atoms with Gasteiger partial charge in [0.2, 0.25) is 0 Å². The molecule has 1 saturated heterocycles. The summed E-state index contributed by atoms with van der Waals surface area (Å²) in [6, 6.07) is 5.95.